The van der Waals surface area contributed by atoms with Crippen LogP contribution in [0.15, 0.2) is 97.2 Å². The number of amides is 1. The van der Waals surface area contributed by atoms with Crippen molar-refractivity contribution in [1.29, 1.82) is 0 Å². The zero-order valence-corrected chi connectivity index (χ0v) is 16.1. The molecule has 144 valence electrons. The molecule has 5 heteroatoms. The minimum absolute atomic E-state index is 0.118. The Morgan fingerprint density at radius 2 is 1.28 bits per heavy atom. The molecule has 0 saturated carbocycles. The Balaban J connectivity index is 1.60. The highest BCUT2D eigenvalue weighted by molar-refractivity contribution is 5.92. The number of carbonyl (C=O) groups is 1. The molecule has 1 unspecified atom stereocenters. The molecule has 0 bridgehead atoms. The summed E-state index contributed by atoms with van der Waals surface area (Å²) >= 11 is 0. The van der Waals surface area contributed by atoms with Gasteiger partial charge in [0.05, 0.1) is 12.2 Å². The van der Waals surface area contributed by atoms with Gasteiger partial charge in [-0.1, -0.05) is 96.2 Å². The van der Waals surface area contributed by atoms with E-state index >= 15 is 0 Å². The minimum Gasteiger partial charge on any atom is -0.344 e. The molecular formula is C24H22N4O. The second-order valence-electron chi connectivity index (χ2n) is 6.91. The predicted molar refractivity (Wildman–Crippen MR) is 112 cm³/mol. The van der Waals surface area contributed by atoms with E-state index in [9.17, 15) is 4.79 Å². The summed E-state index contributed by atoms with van der Waals surface area (Å²) in [6.45, 7) is 1.95. The van der Waals surface area contributed by atoms with Crippen molar-refractivity contribution >= 4 is 5.91 Å². The molecule has 0 saturated heterocycles. The van der Waals surface area contributed by atoms with Crippen LogP contribution >= 0.6 is 0 Å². The molecule has 1 heterocycles. The van der Waals surface area contributed by atoms with Crippen molar-refractivity contribution in [2.75, 3.05) is 0 Å². The summed E-state index contributed by atoms with van der Waals surface area (Å²) in [5, 5.41) is 11.4. The van der Waals surface area contributed by atoms with E-state index in [4.69, 9.17) is 0 Å². The first-order valence-corrected chi connectivity index (χ1v) is 9.60. The molecule has 1 N–H and O–H groups in total. The molecule has 3 aromatic carbocycles. The average molecular weight is 382 g/mol. The summed E-state index contributed by atoms with van der Waals surface area (Å²) < 4.78 is 1.74. The van der Waals surface area contributed by atoms with Crippen LogP contribution in [0.3, 0.4) is 0 Å². The van der Waals surface area contributed by atoms with Gasteiger partial charge >= 0.3 is 0 Å². The zero-order valence-electron chi connectivity index (χ0n) is 16.1. The fraction of sp³-hybridized carbons (Fsp3) is 0.125. The number of hydrogen-bond donors (Lipinski definition) is 1. The first-order valence-electron chi connectivity index (χ1n) is 9.60. The quantitative estimate of drug-likeness (QED) is 0.537. The smallest absolute Gasteiger partial charge is 0.273 e. The van der Waals surface area contributed by atoms with E-state index in [2.05, 4.69) is 39.9 Å². The van der Waals surface area contributed by atoms with Crippen LogP contribution in [0, 0.1) is 0 Å². The first-order chi connectivity index (χ1) is 14.2. The van der Waals surface area contributed by atoms with Crippen molar-refractivity contribution in [2.45, 2.75) is 19.0 Å². The van der Waals surface area contributed by atoms with Gasteiger partial charge in [-0.25, -0.2) is 4.68 Å². The number of rotatable bonds is 6. The SMILES string of the molecule is CC(NC(=O)c1cn(C(c2ccccc2)c2ccccc2)nn1)c1ccccc1. The van der Waals surface area contributed by atoms with Gasteiger partial charge in [0.2, 0.25) is 0 Å². The van der Waals surface area contributed by atoms with E-state index in [1.807, 2.05) is 73.7 Å². The standard InChI is InChI=1S/C24H22N4O/c1-18(19-11-5-2-6-12-19)25-24(29)22-17-28(27-26-22)23(20-13-7-3-8-14-20)21-15-9-4-10-16-21/h2-18,23H,1H3,(H,25,29). The maximum Gasteiger partial charge on any atom is 0.273 e. The third-order valence-corrected chi connectivity index (χ3v) is 4.89. The highest BCUT2D eigenvalue weighted by Crippen LogP contribution is 2.25. The molecular weight excluding hydrogens is 360 g/mol. The second-order valence-corrected chi connectivity index (χ2v) is 6.91. The third-order valence-electron chi connectivity index (χ3n) is 4.89. The number of hydrogen-bond acceptors (Lipinski definition) is 3. The number of nitrogens with zero attached hydrogens (tertiary/aromatic N) is 3. The van der Waals surface area contributed by atoms with Crippen molar-refractivity contribution in [3.05, 3.63) is 120 Å². The summed E-state index contributed by atoms with van der Waals surface area (Å²) in [5.74, 6) is -0.243. The van der Waals surface area contributed by atoms with Crippen LogP contribution in [0.5, 0.6) is 0 Å². The molecule has 1 atom stereocenters. The van der Waals surface area contributed by atoms with Gasteiger partial charge in [0, 0.05) is 0 Å². The van der Waals surface area contributed by atoms with Gasteiger partial charge < -0.3 is 5.32 Å². The maximum absolute atomic E-state index is 12.7. The normalized spacial score (nSPS) is 11.9. The molecule has 0 aliphatic carbocycles. The Morgan fingerprint density at radius 3 is 1.79 bits per heavy atom. The van der Waals surface area contributed by atoms with Crippen molar-refractivity contribution in [3.8, 4) is 0 Å². The Bertz CT molecular complexity index is 1020. The molecule has 4 rings (SSSR count). The lowest BCUT2D eigenvalue weighted by Gasteiger charge is -2.18. The van der Waals surface area contributed by atoms with E-state index in [0.717, 1.165) is 16.7 Å². The third kappa shape index (κ3) is 4.24. The molecule has 0 aliphatic heterocycles. The first kappa shape index (κ1) is 18.6. The Hall–Kier alpha value is -3.73. The summed E-state index contributed by atoms with van der Waals surface area (Å²) in [7, 11) is 0. The number of benzene rings is 3. The van der Waals surface area contributed by atoms with Crippen LogP contribution in [0.2, 0.25) is 0 Å². The fourth-order valence-electron chi connectivity index (χ4n) is 3.37. The molecule has 0 aliphatic rings. The second kappa shape index (κ2) is 8.52. The molecule has 4 aromatic rings. The van der Waals surface area contributed by atoms with E-state index < -0.39 is 0 Å². The topological polar surface area (TPSA) is 59.8 Å². The van der Waals surface area contributed by atoms with E-state index in [-0.39, 0.29) is 18.0 Å². The van der Waals surface area contributed by atoms with Crippen LogP contribution in [-0.4, -0.2) is 20.9 Å². The fourth-order valence-corrected chi connectivity index (χ4v) is 3.37. The lowest BCUT2D eigenvalue weighted by Crippen LogP contribution is -2.27. The van der Waals surface area contributed by atoms with Gasteiger partial charge in [0.25, 0.3) is 5.91 Å². The van der Waals surface area contributed by atoms with E-state index in [1.165, 1.54) is 0 Å². The highest BCUT2D eigenvalue weighted by Gasteiger charge is 2.21. The Labute approximate surface area is 170 Å². The summed E-state index contributed by atoms with van der Waals surface area (Å²) in [4.78, 5) is 12.7. The van der Waals surface area contributed by atoms with Crippen molar-refractivity contribution in [3.63, 3.8) is 0 Å². The van der Waals surface area contributed by atoms with Gasteiger partial charge in [-0.3, -0.25) is 4.79 Å². The van der Waals surface area contributed by atoms with Gasteiger partial charge in [-0.05, 0) is 23.6 Å². The van der Waals surface area contributed by atoms with Gasteiger partial charge in [0.1, 0.15) is 6.04 Å². The van der Waals surface area contributed by atoms with Gasteiger partial charge in [0.15, 0.2) is 5.69 Å². The van der Waals surface area contributed by atoms with Crippen molar-refractivity contribution < 1.29 is 4.79 Å². The van der Waals surface area contributed by atoms with Crippen molar-refractivity contribution in [1.82, 2.24) is 20.3 Å². The van der Waals surface area contributed by atoms with Gasteiger partial charge in [-0.15, -0.1) is 5.10 Å². The summed E-state index contributed by atoms with van der Waals surface area (Å²) in [6.07, 6.45) is 1.71. The minimum atomic E-state index is -0.243. The van der Waals surface area contributed by atoms with Crippen LogP contribution in [0.4, 0.5) is 0 Å². The summed E-state index contributed by atoms with van der Waals surface area (Å²) in [5.41, 5.74) is 3.49. The number of aromatic nitrogens is 3. The van der Waals surface area contributed by atoms with Crippen LogP contribution in [0.25, 0.3) is 0 Å². The lowest BCUT2D eigenvalue weighted by molar-refractivity contribution is 0.0934. The van der Waals surface area contributed by atoms with Crippen LogP contribution in [-0.2, 0) is 0 Å². The molecule has 0 spiro atoms. The number of carbonyl (C=O) groups excluding carboxylic acids is 1. The number of nitrogens with one attached hydrogen (secondary N) is 1. The molecule has 0 fully saturated rings. The van der Waals surface area contributed by atoms with E-state index in [0.29, 0.717) is 5.69 Å². The molecule has 0 radical (unpaired) electrons. The average Bonchev–Trinajstić information content (AvgIpc) is 3.26. The zero-order chi connectivity index (χ0) is 20.1. The molecule has 29 heavy (non-hydrogen) atoms. The monoisotopic (exact) mass is 382 g/mol. The van der Waals surface area contributed by atoms with Gasteiger partial charge in [-0.2, -0.15) is 0 Å². The van der Waals surface area contributed by atoms with Crippen molar-refractivity contribution in [2.24, 2.45) is 0 Å². The molecule has 5 nitrogen and oxygen atoms in total. The maximum atomic E-state index is 12.7. The molecule has 1 amide bonds. The lowest BCUT2D eigenvalue weighted by atomic mass is 9.99. The van der Waals surface area contributed by atoms with Crippen LogP contribution < -0.4 is 5.32 Å². The highest BCUT2D eigenvalue weighted by atomic mass is 16.2. The van der Waals surface area contributed by atoms with E-state index in [1.54, 1.807) is 10.9 Å². The largest absolute Gasteiger partial charge is 0.344 e. The predicted octanol–water partition coefficient (Wildman–Crippen LogP) is 4.41. The Morgan fingerprint density at radius 1 is 0.793 bits per heavy atom. The Kier molecular flexibility index (Phi) is 5.47. The van der Waals surface area contributed by atoms with Crippen LogP contribution in [0.1, 0.15) is 46.2 Å². The summed E-state index contributed by atoms with van der Waals surface area (Å²) in [6, 6.07) is 29.7. The molecule has 1 aromatic heterocycles.